The molecule has 6 atom stereocenters. The van der Waals surface area contributed by atoms with Crippen LogP contribution in [0.1, 0.15) is 99.6 Å². The first-order valence-electron chi connectivity index (χ1n) is 23.0. The highest BCUT2D eigenvalue weighted by Crippen LogP contribution is 2.55. The van der Waals surface area contributed by atoms with Crippen LogP contribution in [-0.4, -0.2) is 107 Å². The van der Waals surface area contributed by atoms with Crippen molar-refractivity contribution in [3.05, 3.63) is 119 Å². The van der Waals surface area contributed by atoms with Crippen LogP contribution in [0.5, 0.6) is 0 Å². The second kappa shape index (κ2) is 21.2. The molecule has 0 saturated carbocycles. The van der Waals surface area contributed by atoms with Crippen LogP contribution in [0.2, 0.25) is 0 Å². The standard InChI is InChI=1S/C51H60N6O10/c1-5-7-23-51(24-8-6-2)39-25-33(52-45(60)41-27-35(58)29-56(41)47(62)43(54-49(64)66-3)31-15-11-9-12-16-31)19-21-37(39)38-22-20-34(26-40(38)51)53-46(61)42-28-36(59)30-57(42)48(63)44(55-50(65)67-4)32-17-13-10-14-18-32/h9-22,25-26,35-36,41-44,58-59H,5-8,23-24,27-30H2,1-4H3,(H,52,60)(H,53,61)(H,54,64)(H,55,65)/t35-,36-,41-,42-,43+,44+/m0/s1. The quantitative estimate of drug-likeness (QED) is 0.0735. The molecule has 6 N–H and O–H groups in total. The van der Waals surface area contributed by atoms with Gasteiger partial charge in [0.1, 0.15) is 24.2 Å². The van der Waals surface area contributed by atoms with Crippen molar-refractivity contribution in [2.75, 3.05) is 37.9 Å². The van der Waals surface area contributed by atoms with Crippen molar-refractivity contribution < 1.29 is 48.5 Å². The molecule has 2 heterocycles. The number of carbonyl (C=O) groups excluding carboxylic acids is 6. The van der Waals surface area contributed by atoms with E-state index in [0.29, 0.717) is 22.5 Å². The lowest BCUT2D eigenvalue weighted by Gasteiger charge is -2.33. The van der Waals surface area contributed by atoms with Crippen LogP contribution < -0.4 is 21.3 Å². The summed E-state index contributed by atoms with van der Waals surface area (Å²) in [4.78, 5) is 84.0. The number of aliphatic hydroxyl groups excluding tert-OH is 2. The number of β-amino-alcohol motifs (C(OH)–C–C–N with tert-alkyl or cyclic N) is 2. The molecule has 16 nitrogen and oxygen atoms in total. The summed E-state index contributed by atoms with van der Waals surface area (Å²) in [5, 5.41) is 32.9. The van der Waals surface area contributed by atoms with Gasteiger partial charge in [0.2, 0.25) is 11.8 Å². The normalized spacial score (nSPS) is 19.9. The number of anilines is 2. The van der Waals surface area contributed by atoms with Crippen LogP contribution in [0.4, 0.5) is 21.0 Å². The van der Waals surface area contributed by atoms with E-state index in [0.717, 1.165) is 60.8 Å². The molecule has 1 aliphatic carbocycles. The molecule has 0 spiro atoms. The number of amides is 6. The van der Waals surface area contributed by atoms with Gasteiger partial charge in [-0.15, -0.1) is 0 Å². The maximum Gasteiger partial charge on any atom is 0.407 e. The zero-order valence-corrected chi connectivity index (χ0v) is 38.3. The van der Waals surface area contributed by atoms with Crippen molar-refractivity contribution in [3.63, 3.8) is 0 Å². The van der Waals surface area contributed by atoms with Crippen LogP contribution in [0, 0.1) is 0 Å². The van der Waals surface area contributed by atoms with Crippen molar-refractivity contribution in [1.29, 1.82) is 0 Å². The van der Waals surface area contributed by atoms with E-state index in [-0.39, 0.29) is 25.9 Å². The first-order chi connectivity index (χ1) is 32.3. The lowest BCUT2D eigenvalue weighted by molar-refractivity contribution is -0.138. The Morgan fingerprint density at radius 2 is 1.00 bits per heavy atom. The number of nitrogens with one attached hydrogen (secondary N) is 4. The fourth-order valence-corrected chi connectivity index (χ4v) is 9.89. The Balaban J connectivity index is 1.15. The van der Waals surface area contributed by atoms with Crippen molar-refractivity contribution in [3.8, 4) is 11.1 Å². The van der Waals surface area contributed by atoms with Gasteiger partial charge in [-0.05, 0) is 70.5 Å². The van der Waals surface area contributed by atoms with Crippen molar-refractivity contribution in [1.82, 2.24) is 20.4 Å². The van der Waals surface area contributed by atoms with Gasteiger partial charge in [-0.3, -0.25) is 19.2 Å². The first-order valence-corrected chi connectivity index (χ1v) is 23.0. The molecule has 0 aromatic heterocycles. The maximum atomic E-state index is 14.2. The minimum absolute atomic E-state index is 0.00283. The van der Waals surface area contributed by atoms with Gasteiger partial charge in [0.05, 0.1) is 26.4 Å². The van der Waals surface area contributed by atoms with Crippen LogP contribution >= 0.6 is 0 Å². The summed E-state index contributed by atoms with van der Waals surface area (Å²) in [6, 6.07) is 24.5. The molecule has 0 bridgehead atoms. The SMILES string of the molecule is CCCCC1(CCCC)c2cc(NC(=O)[C@@H]3C[C@H](O)CN3C(=O)[C@H](NC(=O)OC)c3ccccc3)ccc2-c2ccc(NC(=O)[C@@H]3C[C@H](O)CN3C(=O)[C@H](NC(=O)OC)c3ccccc3)cc21. The van der Waals surface area contributed by atoms with Gasteiger partial charge in [-0.2, -0.15) is 0 Å². The van der Waals surface area contributed by atoms with E-state index in [2.05, 4.69) is 35.1 Å². The lowest BCUT2D eigenvalue weighted by atomic mass is 9.70. The highest BCUT2D eigenvalue weighted by molar-refractivity contribution is 6.01. The van der Waals surface area contributed by atoms with Gasteiger partial charge in [0.15, 0.2) is 0 Å². The van der Waals surface area contributed by atoms with Crippen molar-refractivity contribution >= 4 is 47.2 Å². The summed E-state index contributed by atoms with van der Waals surface area (Å²) in [6.07, 6.45) is 1.66. The number of likely N-dealkylation sites (tertiary alicyclic amines) is 2. The average molecular weight is 917 g/mol. The minimum atomic E-state index is -1.16. The molecule has 354 valence electrons. The number of rotatable bonds is 16. The molecule has 7 rings (SSSR count). The third kappa shape index (κ3) is 10.3. The molecule has 4 aromatic rings. The van der Waals surface area contributed by atoms with Gasteiger partial charge in [-0.25, -0.2) is 9.59 Å². The molecule has 2 saturated heterocycles. The van der Waals surface area contributed by atoms with Gasteiger partial charge in [-0.1, -0.05) is 112 Å². The Kier molecular flexibility index (Phi) is 15.3. The predicted octanol–water partition coefficient (Wildman–Crippen LogP) is 6.33. The van der Waals surface area contributed by atoms with E-state index in [4.69, 9.17) is 9.47 Å². The largest absolute Gasteiger partial charge is 0.453 e. The van der Waals surface area contributed by atoms with Gasteiger partial charge >= 0.3 is 12.2 Å². The number of methoxy groups -OCH3 is 2. The summed E-state index contributed by atoms with van der Waals surface area (Å²) in [5.74, 6) is -2.09. The highest BCUT2D eigenvalue weighted by Gasteiger charge is 2.46. The smallest absolute Gasteiger partial charge is 0.407 e. The second-order valence-electron chi connectivity index (χ2n) is 17.5. The van der Waals surface area contributed by atoms with E-state index < -0.39 is 77.6 Å². The highest BCUT2D eigenvalue weighted by atomic mass is 16.5. The number of unbranched alkanes of at least 4 members (excludes halogenated alkanes) is 2. The molecule has 3 aliphatic rings. The van der Waals surface area contributed by atoms with Gasteiger partial charge in [0.25, 0.3) is 11.8 Å². The Bertz CT molecular complexity index is 2280. The third-order valence-corrected chi connectivity index (χ3v) is 13.2. The summed E-state index contributed by atoms with van der Waals surface area (Å²) in [6.45, 7) is 4.07. The fraction of sp³-hybridized carbons (Fsp3) is 0.412. The number of hydrogen-bond donors (Lipinski definition) is 6. The molecule has 2 fully saturated rings. The summed E-state index contributed by atoms with van der Waals surface area (Å²) < 4.78 is 9.61. The zero-order valence-electron chi connectivity index (χ0n) is 38.3. The van der Waals surface area contributed by atoms with Crippen LogP contribution in [0.3, 0.4) is 0 Å². The van der Waals surface area contributed by atoms with E-state index in [9.17, 15) is 39.0 Å². The molecule has 2 aliphatic heterocycles. The number of hydrogen-bond acceptors (Lipinski definition) is 10. The number of aliphatic hydroxyl groups is 2. The Hall–Kier alpha value is -6.78. The second-order valence-corrected chi connectivity index (χ2v) is 17.5. The fourth-order valence-electron chi connectivity index (χ4n) is 9.89. The topological polar surface area (TPSA) is 216 Å². The van der Waals surface area contributed by atoms with Crippen molar-refractivity contribution in [2.24, 2.45) is 0 Å². The molecule has 4 aromatic carbocycles. The Labute approximate surface area is 390 Å². The average Bonchev–Trinajstić information content (AvgIpc) is 4.02. The van der Waals surface area contributed by atoms with E-state index in [1.54, 1.807) is 60.7 Å². The van der Waals surface area contributed by atoms with Gasteiger partial charge in [0, 0.05) is 42.7 Å². The number of carbonyl (C=O) groups is 6. The first kappa shape index (κ1) is 48.2. The Morgan fingerprint density at radius 3 is 1.36 bits per heavy atom. The molecule has 67 heavy (non-hydrogen) atoms. The number of benzene rings is 4. The van der Waals surface area contributed by atoms with E-state index in [1.807, 2.05) is 36.4 Å². The van der Waals surface area contributed by atoms with Crippen LogP contribution in [-0.2, 0) is 34.1 Å². The van der Waals surface area contributed by atoms with Crippen LogP contribution in [0.25, 0.3) is 11.1 Å². The monoisotopic (exact) mass is 916 g/mol. The van der Waals surface area contributed by atoms with E-state index >= 15 is 0 Å². The van der Waals surface area contributed by atoms with Crippen molar-refractivity contribution in [2.45, 2.75) is 107 Å². The number of nitrogens with zero attached hydrogens (tertiary/aromatic N) is 2. The summed E-state index contributed by atoms with van der Waals surface area (Å²) >= 11 is 0. The number of ether oxygens (including phenoxy) is 2. The lowest BCUT2D eigenvalue weighted by Crippen LogP contribution is -2.48. The molecule has 16 heteroatoms. The van der Waals surface area contributed by atoms with Crippen LogP contribution in [0.15, 0.2) is 97.1 Å². The number of fused-ring (bicyclic) bond motifs is 3. The van der Waals surface area contributed by atoms with E-state index in [1.165, 1.54) is 24.0 Å². The molecule has 6 amide bonds. The maximum absolute atomic E-state index is 14.2. The zero-order chi connectivity index (χ0) is 47.8. The minimum Gasteiger partial charge on any atom is -0.453 e. The molecule has 0 unspecified atom stereocenters. The molecular formula is C51H60N6O10. The Morgan fingerprint density at radius 1 is 0.612 bits per heavy atom. The third-order valence-electron chi connectivity index (χ3n) is 13.2. The number of alkyl carbamates (subject to hydrolysis) is 2. The predicted molar refractivity (Wildman–Crippen MR) is 251 cm³/mol. The molecular weight excluding hydrogens is 857 g/mol. The summed E-state index contributed by atoms with van der Waals surface area (Å²) in [7, 11) is 2.39. The molecule has 0 radical (unpaired) electrons. The summed E-state index contributed by atoms with van der Waals surface area (Å²) in [5.41, 5.74) is 5.55. The van der Waals surface area contributed by atoms with Gasteiger partial charge < -0.3 is 50.8 Å².